The molecule has 0 unspecified atom stereocenters. The van der Waals surface area contributed by atoms with E-state index in [1.165, 1.54) is 22.3 Å². The van der Waals surface area contributed by atoms with Crippen molar-refractivity contribution >= 4 is 34.3 Å². The fraction of sp³-hybridized carbons (Fsp3) is 0.320. The number of fused-ring (bicyclic) bond motifs is 2. The number of carbonyl (C=O) groups excluding carboxylic acids is 1. The van der Waals surface area contributed by atoms with E-state index >= 15 is 0 Å². The Bertz CT molecular complexity index is 1480. The van der Waals surface area contributed by atoms with E-state index in [1.807, 2.05) is 32.0 Å². The molecule has 1 aliphatic rings. The Labute approximate surface area is 206 Å². The molecule has 0 radical (unpaired) electrons. The third-order valence-electron chi connectivity index (χ3n) is 6.31. The number of hydrogen-bond donors (Lipinski definition) is 1. The summed E-state index contributed by atoms with van der Waals surface area (Å²) >= 11 is 0. The number of ether oxygens (including phenoxy) is 1. The van der Waals surface area contributed by atoms with Gasteiger partial charge in [0.2, 0.25) is 0 Å². The molecule has 11 heteroatoms. The van der Waals surface area contributed by atoms with E-state index < -0.39 is 17.9 Å². The molecule has 1 fully saturated rings. The van der Waals surface area contributed by atoms with Crippen molar-refractivity contribution in [2.45, 2.75) is 39.5 Å². The van der Waals surface area contributed by atoms with Crippen LogP contribution in [0.3, 0.4) is 0 Å². The molecule has 186 valence electrons. The average molecular weight is 493 g/mol. The second kappa shape index (κ2) is 9.06. The van der Waals surface area contributed by atoms with Crippen LogP contribution in [-0.4, -0.2) is 66.6 Å². The highest BCUT2D eigenvalue weighted by Crippen LogP contribution is 2.27. The number of imidazole rings is 1. The summed E-state index contributed by atoms with van der Waals surface area (Å²) in [6, 6.07) is 6.88. The quantitative estimate of drug-likeness (QED) is 0.429. The molecule has 4 aromatic rings. The van der Waals surface area contributed by atoms with Gasteiger partial charge in [-0.15, -0.1) is 0 Å². The van der Waals surface area contributed by atoms with Crippen molar-refractivity contribution in [2.24, 2.45) is 0 Å². The number of hydrogen-bond acceptors (Lipinski definition) is 7. The van der Waals surface area contributed by atoms with Crippen LogP contribution >= 0.6 is 0 Å². The van der Waals surface area contributed by atoms with Gasteiger partial charge >= 0.3 is 12.1 Å². The van der Waals surface area contributed by atoms with Crippen LogP contribution in [0.2, 0.25) is 0 Å². The SMILES string of the molecule is CC(=O)OCc1cn2cc(-c3ncc4cc(N5C[C@H](C)N(C(=O)O)[C@@H](C)C5)ccc4n3)cc(F)c2n1. The van der Waals surface area contributed by atoms with Gasteiger partial charge in [0.25, 0.3) is 0 Å². The molecule has 4 heterocycles. The largest absolute Gasteiger partial charge is 0.465 e. The Kier molecular flexibility index (Phi) is 5.91. The maximum absolute atomic E-state index is 14.8. The van der Waals surface area contributed by atoms with Gasteiger partial charge < -0.3 is 19.1 Å². The standard InChI is InChI=1S/C25H25FN6O4/c1-14-9-30(10-15(2)32(14)25(34)35)20-4-5-22-17(6-20)8-27-23(29-22)18-7-21(26)24-28-19(12-31(24)11-18)13-36-16(3)33/h4-8,11-12,14-15H,9-10,13H2,1-3H3,(H,34,35)/t14-,15-/m0/s1. The van der Waals surface area contributed by atoms with Crippen LogP contribution in [0.1, 0.15) is 26.5 Å². The number of aromatic nitrogens is 4. The molecule has 1 saturated heterocycles. The lowest BCUT2D eigenvalue weighted by Crippen LogP contribution is -2.58. The Balaban J connectivity index is 1.42. The van der Waals surface area contributed by atoms with Gasteiger partial charge in [0.05, 0.1) is 23.3 Å². The maximum Gasteiger partial charge on any atom is 0.407 e. The van der Waals surface area contributed by atoms with E-state index in [4.69, 9.17) is 4.74 Å². The summed E-state index contributed by atoms with van der Waals surface area (Å²) in [6.07, 6.45) is 4.08. The van der Waals surface area contributed by atoms with E-state index in [2.05, 4.69) is 19.9 Å². The summed E-state index contributed by atoms with van der Waals surface area (Å²) in [6.45, 7) is 6.25. The predicted molar refractivity (Wildman–Crippen MR) is 130 cm³/mol. The molecule has 0 saturated carbocycles. The van der Waals surface area contributed by atoms with Gasteiger partial charge in [-0.2, -0.15) is 0 Å². The first kappa shape index (κ1) is 23.5. The summed E-state index contributed by atoms with van der Waals surface area (Å²) < 4.78 is 21.2. The third kappa shape index (κ3) is 4.39. The second-order valence-electron chi connectivity index (χ2n) is 9.05. The number of carboxylic acid groups (broad SMARTS) is 1. The Morgan fingerprint density at radius 1 is 1.14 bits per heavy atom. The summed E-state index contributed by atoms with van der Waals surface area (Å²) in [5, 5.41) is 10.3. The van der Waals surface area contributed by atoms with Gasteiger partial charge in [-0.3, -0.25) is 9.69 Å². The number of carbonyl (C=O) groups is 2. The number of nitrogens with zero attached hydrogens (tertiary/aromatic N) is 6. The molecule has 2 atom stereocenters. The van der Waals surface area contributed by atoms with Gasteiger partial charge in [-0.1, -0.05) is 0 Å². The number of amides is 1. The fourth-order valence-electron chi connectivity index (χ4n) is 4.74. The number of pyridine rings is 1. The Morgan fingerprint density at radius 3 is 2.58 bits per heavy atom. The zero-order chi connectivity index (χ0) is 25.6. The van der Waals surface area contributed by atoms with Crippen LogP contribution in [0, 0.1) is 5.82 Å². The number of benzene rings is 1. The van der Waals surface area contributed by atoms with Crippen LogP contribution in [0.15, 0.2) is 42.9 Å². The zero-order valence-electron chi connectivity index (χ0n) is 20.1. The predicted octanol–water partition coefficient (Wildman–Crippen LogP) is 3.72. The smallest absolute Gasteiger partial charge is 0.407 e. The van der Waals surface area contributed by atoms with Gasteiger partial charge in [0.15, 0.2) is 17.3 Å². The zero-order valence-corrected chi connectivity index (χ0v) is 20.1. The molecule has 0 spiro atoms. The number of anilines is 1. The van der Waals surface area contributed by atoms with Crippen molar-refractivity contribution in [3.63, 3.8) is 0 Å². The van der Waals surface area contributed by atoms with Crippen molar-refractivity contribution in [3.05, 3.63) is 54.4 Å². The number of esters is 1. The number of halogens is 1. The first-order valence-corrected chi connectivity index (χ1v) is 11.5. The molecular formula is C25H25FN6O4. The molecule has 3 aromatic heterocycles. The topological polar surface area (TPSA) is 113 Å². The van der Waals surface area contributed by atoms with E-state index in [0.717, 1.165) is 11.1 Å². The van der Waals surface area contributed by atoms with Crippen LogP contribution in [0.5, 0.6) is 0 Å². The third-order valence-corrected chi connectivity index (χ3v) is 6.31. The lowest BCUT2D eigenvalue weighted by Gasteiger charge is -2.43. The fourth-order valence-corrected chi connectivity index (χ4v) is 4.74. The van der Waals surface area contributed by atoms with Crippen molar-refractivity contribution in [1.82, 2.24) is 24.3 Å². The first-order chi connectivity index (χ1) is 17.2. The Hall–Kier alpha value is -4.28. The first-order valence-electron chi connectivity index (χ1n) is 11.5. The summed E-state index contributed by atoms with van der Waals surface area (Å²) in [5.74, 6) is -0.611. The lowest BCUT2D eigenvalue weighted by atomic mass is 10.1. The minimum absolute atomic E-state index is 0.0382. The minimum Gasteiger partial charge on any atom is -0.465 e. The second-order valence-corrected chi connectivity index (χ2v) is 9.05. The molecule has 5 rings (SSSR count). The van der Waals surface area contributed by atoms with E-state index in [0.29, 0.717) is 35.7 Å². The summed E-state index contributed by atoms with van der Waals surface area (Å²) in [5.41, 5.74) is 2.71. The van der Waals surface area contributed by atoms with Crippen LogP contribution in [-0.2, 0) is 16.1 Å². The number of piperazine rings is 1. The highest BCUT2D eigenvalue weighted by atomic mass is 19.1. The van der Waals surface area contributed by atoms with Gasteiger partial charge in [0, 0.05) is 55.2 Å². The summed E-state index contributed by atoms with van der Waals surface area (Å²) in [7, 11) is 0. The van der Waals surface area contributed by atoms with E-state index in [9.17, 15) is 19.1 Å². The van der Waals surface area contributed by atoms with Crippen molar-refractivity contribution in [1.29, 1.82) is 0 Å². The van der Waals surface area contributed by atoms with Crippen molar-refractivity contribution in [3.8, 4) is 11.4 Å². The summed E-state index contributed by atoms with van der Waals surface area (Å²) in [4.78, 5) is 39.5. The van der Waals surface area contributed by atoms with Gasteiger partial charge in [0.1, 0.15) is 6.61 Å². The molecule has 10 nitrogen and oxygen atoms in total. The van der Waals surface area contributed by atoms with Crippen LogP contribution in [0.4, 0.5) is 14.9 Å². The van der Waals surface area contributed by atoms with Crippen LogP contribution in [0.25, 0.3) is 27.9 Å². The number of rotatable bonds is 4. The molecule has 1 aromatic carbocycles. The molecular weight excluding hydrogens is 467 g/mol. The minimum atomic E-state index is -0.903. The molecule has 1 amide bonds. The van der Waals surface area contributed by atoms with E-state index in [1.54, 1.807) is 18.6 Å². The van der Waals surface area contributed by atoms with Crippen molar-refractivity contribution in [2.75, 3.05) is 18.0 Å². The highest BCUT2D eigenvalue weighted by molar-refractivity contribution is 5.83. The van der Waals surface area contributed by atoms with Crippen molar-refractivity contribution < 1.29 is 23.8 Å². The van der Waals surface area contributed by atoms with Gasteiger partial charge in [-0.05, 0) is 38.1 Å². The monoisotopic (exact) mass is 492 g/mol. The average Bonchev–Trinajstić information content (AvgIpc) is 3.25. The lowest BCUT2D eigenvalue weighted by molar-refractivity contribution is -0.142. The molecule has 36 heavy (non-hydrogen) atoms. The van der Waals surface area contributed by atoms with Gasteiger partial charge in [-0.25, -0.2) is 24.1 Å². The Morgan fingerprint density at radius 2 is 1.89 bits per heavy atom. The molecule has 1 aliphatic heterocycles. The van der Waals surface area contributed by atoms with Crippen LogP contribution < -0.4 is 4.90 Å². The molecule has 1 N–H and O–H groups in total. The highest BCUT2D eigenvalue weighted by Gasteiger charge is 2.32. The normalized spacial score (nSPS) is 18.1. The maximum atomic E-state index is 14.8. The molecule has 0 aliphatic carbocycles. The molecule has 0 bridgehead atoms. The van der Waals surface area contributed by atoms with E-state index in [-0.39, 0.29) is 24.3 Å².